The third-order valence-electron chi connectivity index (χ3n) is 4.62. The van der Waals surface area contributed by atoms with Crippen LogP contribution >= 0.6 is 0 Å². The van der Waals surface area contributed by atoms with E-state index < -0.39 is 0 Å². The minimum absolute atomic E-state index is 0.216. The molecule has 108 valence electrons. The monoisotopic (exact) mass is 273 g/mol. The molecule has 0 bridgehead atoms. The van der Waals surface area contributed by atoms with Crippen LogP contribution in [0.15, 0.2) is 24.3 Å². The average molecular weight is 273 g/mol. The first kappa shape index (κ1) is 13.5. The molecule has 3 atom stereocenters. The van der Waals surface area contributed by atoms with Crippen LogP contribution < -0.4 is 4.74 Å². The predicted octanol–water partition coefficient (Wildman–Crippen LogP) is 3.06. The molecule has 1 aromatic rings. The molecule has 1 aromatic carbocycles. The molecule has 1 aliphatic carbocycles. The van der Waals surface area contributed by atoms with Gasteiger partial charge in [0, 0.05) is 19.0 Å². The van der Waals surface area contributed by atoms with Gasteiger partial charge in [-0.05, 0) is 48.8 Å². The molecule has 20 heavy (non-hydrogen) atoms. The van der Waals surface area contributed by atoms with Crippen molar-refractivity contribution in [3.63, 3.8) is 0 Å². The molecule has 1 aliphatic heterocycles. The van der Waals surface area contributed by atoms with Crippen molar-refractivity contribution in [2.24, 2.45) is 11.8 Å². The van der Waals surface area contributed by atoms with Gasteiger partial charge in [-0.3, -0.25) is 4.79 Å². The molecule has 1 heterocycles. The number of ether oxygens (including phenoxy) is 1. The van der Waals surface area contributed by atoms with Crippen LogP contribution in [-0.4, -0.2) is 31.0 Å². The van der Waals surface area contributed by atoms with Crippen molar-refractivity contribution in [3.8, 4) is 5.75 Å². The maximum atomic E-state index is 12.5. The minimum Gasteiger partial charge on any atom is -0.497 e. The van der Waals surface area contributed by atoms with Crippen molar-refractivity contribution in [1.82, 2.24) is 4.90 Å². The van der Waals surface area contributed by atoms with Crippen LogP contribution in [0.1, 0.15) is 37.7 Å². The fourth-order valence-electron chi connectivity index (χ4n) is 3.31. The molecule has 3 nitrogen and oxygen atoms in total. The summed E-state index contributed by atoms with van der Waals surface area (Å²) < 4.78 is 5.18. The van der Waals surface area contributed by atoms with E-state index in [1.165, 1.54) is 12.0 Å². The molecule has 0 radical (unpaired) electrons. The van der Waals surface area contributed by atoms with Crippen molar-refractivity contribution < 1.29 is 9.53 Å². The normalized spacial score (nSPS) is 29.1. The van der Waals surface area contributed by atoms with Gasteiger partial charge in [0.25, 0.3) is 0 Å². The topological polar surface area (TPSA) is 29.5 Å². The van der Waals surface area contributed by atoms with Gasteiger partial charge >= 0.3 is 0 Å². The molecule has 3 heteroatoms. The highest BCUT2D eigenvalue weighted by molar-refractivity contribution is 5.83. The molecule has 1 saturated carbocycles. The first-order valence-corrected chi connectivity index (χ1v) is 7.61. The van der Waals surface area contributed by atoms with Crippen LogP contribution in [0.2, 0.25) is 0 Å². The van der Waals surface area contributed by atoms with Gasteiger partial charge < -0.3 is 9.64 Å². The number of carbonyl (C=O) groups is 1. The number of benzene rings is 1. The Labute approximate surface area is 120 Å². The highest BCUT2D eigenvalue weighted by Gasteiger charge is 2.46. The van der Waals surface area contributed by atoms with Gasteiger partial charge in [-0.2, -0.15) is 0 Å². The summed E-state index contributed by atoms with van der Waals surface area (Å²) >= 11 is 0. The highest BCUT2D eigenvalue weighted by atomic mass is 16.5. The SMILES string of the molecule is COc1ccc(C2CC2C(=O)N2CCCC(C)C2)cc1. The number of hydrogen-bond acceptors (Lipinski definition) is 2. The quantitative estimate of drug-likeness (QED) is 0.847. The molecule has 3 rings (SSSR count). The summed E-state index contributed by atoms with van der Waals surface area (Å²) in [6.07, 6.45) is 3.43. The highest BCUT2D eigenvalue weighted by Crippen LogP contribution is 2.49. The van der Waals surface area contributed by atoms with Gasteiger partial charge in [-0.25, -0.2) is 0 Å². The lowest BCUT2D eigenvalue weighted by Crippen LogP contribution is -2.40. The zero-order chi connectivity index (χ0) is 14.1. The van der Waals surface area contributed by atoms with Crippen LogP contribution in [0.4, 0.5) is 0 Å². The molecule has 2 aliphatic rings. The third kappa shape index (κ3) is 2.67. The van der Waals surface area contributed by atoms with Crippen LogP contribution in [0.3, 0.4) is 0 Å². The lowest BCUT2D eigenvalue weighted by atomic mass is 9.99. The van der Waals surface area contributed by atoms with Gasteiger partial charge in [-0.15, -0.1) is 0 Å². The van der Waals surface area contributed by atoms with Crippen LogP contribution in [0, 0.1) is 11.8 Å². The van der Waals surface area contributed by atoms with Gasteiger partial charge in [0.05, 0.1) is 7.11 Å². The Bertz CT molecular complexity index is 482. The Morgan fingerprint density at radius 3 is 2.70 bits per heavy atom. The maximum absolute atomic E-state index is 12.5. The number of methoxy groups -OCH3 is 1. The van der Waals surface area contributed by atoms with Crippen molar-refractivity contribution >= 4 is 5.91 Å². The minimum atomic E-state index is 0.216. The average Bonchev–Trinajstić information content (AvgIpc) is 3.27. The Hall–Kier alpha value is -1.51. The van der Waals surface area contributed by atoms with E-state index in [0.717, 1.165) is 31.7 Å². The predicted molar refractivity (Wildman–Crippen MR) is 78.8 cm³/mol. The molecular weight excluding hydrogens is 250 g/mol. The summed E-state index contributed by atoms with van der Waals surface area (Å²) in [7, 11) is 1.68. The lowest BCUT2D eigenvalue weighted by molar-refractivity contribution is -0.134. The Kier molecular flexibility index (Phi) is 3.68. The molecule has 0 N–H and O–H groups in total. The smallest absolute Gasteiger partial charge is 0.226 e. The number of piperidine rings is 1. The lowest BCUT2D eigenvalue weighted by Gasteiger charge is -2.31. The van der Waals surface area contributed by atoms with Crippen molar-refractivity contribution in [2.45, 2.75) is 32.1 Å². The molecule has 2 fully saturated rings. The third-order valence-corrected chi connectivity index (χ3v) is 4.62. The first-order valence-electron chi connectivity index (χ1n) is 7.61. The summed E-state index contributed by atoms with van der Waals surface area (Å²) in [5, 5.41) is 0. The molecule has 0 aromatic heterocycles. The summed E-state index contributed by atoms with van der Waals surface area (Å²) in [6, 6.07) is 8.15. The van der Waals surface area contributed by atoms with Crippen molar-refractivity contribution in [3.05, 3.63) is 29.8 Å². The second-order valence-electron chi connectivity index (χ2n) is 6.25. The molecule has 1 amide bonds. The number of carbonyl (C=O) groups excluding carboxylic acids is 1. The van der Waals surface area contributed by atoms with E-state index in [0.29, 0.717) is 17.7 Å². The van der Waals surface area contributed by atoms with Gasteiger partial charge in [0.2, 0.25) is 5.91 Å². The molecule has 3 unspecified atom stereocenters. The van der Waals surface area contributed by atoms with Gasteiger partial charge in [0.1, 0.15) is 5.75 Å². The summed E-state index contributed by atoms with van der Waals surface area (Å²) in [4.78, 5) is 14.6. The van der Waals surface area contributed by atoms with Crippen molar-refractivity contribution in [2.75, 3.05) is 20.2 Å². The van der Waals surface area contributed by atoms with Crippen LogP contribution in [-0.2, 0) is 4.79 Å². The van der Waals surface area contributed by atoms with Crippen molar-refractivity contribution in [1.29, 1.82) is 0 Å². The number of nitrogens with zero attached hydrogens (tertiary/aromatic N) is 1. The van der Waals surface area contributed by atoms with E-state index in [1.54, 1.807) is 7.11 Å². The maximum Gasteiger partial charge on any atom is 0.226 e. The van der Waals surface area contributed by atoms with E-state index in [9.17, 15) is 4.79 Å². The molecular formula is C17H23NO2. The van der Waals surface area contributed by atoms with E-state index in [2.05, 4.69) is 24.0 Å². The summed E-state index contributed by atoms with van der Waals surface area (Å²) in [6.45, 7) is 4.15. The number of rotatable bonds is 3. The molecule has 1 saturated heterocycles. The number of hydrogen-bond donors (Lipinski definition) is 0. The van der Waals surface area contributed by atoms with Gasteiger partial charge in [0.15, 0.2) is 0 Å². The second kappa shape index (κ2) is 5.47. The van der Waals surface area contributed by atoms with Crippen LogP contribution in [0.5, 0.6) is 5.75 Å². The van der Waals surface area contributed by atoms with E-state index >= 15 is 0 Å². The summed E-state index contributed by atoms with van der Waals surface area (Å²) in [5.74, 6) is 2.55. The fourth-order valence-corrected chi connectivity index (χ4v) is 3.31. The number of likely N-dealkylation sites (tertiary alicyclic amines) is 1. The van der Waals surface area contributed by atoms with E-state index in [1.807, 2.05) is 12.1 Å². The Morgan fingerprint density at radius 1 is 1.30 bits per heavy atom. The number of amides is 1. The fraction of sp³-hybridized carbons (Fsp3) is 0.588. The second-order valence-corrected chi connectivity index (χ2v) is 6.25. The van der Waals surface area contributed by atoms with E-state index in [-0.39, 0.29) is 5.92 Å². The zero-order valence-electron chi connectivity index (χ0n) is 12.3. The molecule has 0 spiro atoms. The zero-order valence-corrected chi connectivity index (χ0v) is 12.3. The Balaban J connectivity index is 1.61. The summed E-state index contributed by atoms with van der Waals surface area (Å²) in [5.41, 5.74) is 1.27. The van der Waals surface area contributed by atoms with E-state index in [4.69, 9.17) is 4.74 Å². The van der Waals surface area contributed by atoms with Crippen LogP contribution in [0.25, 0.3) is 0 Å². The standard InChI is InChI=1S/C17H23NO2/c1-12-4-3-9-18(11-12)17(19)16-10-15(16)13-5-7-14(20-2)8-6-13/h5-8,12,15-16H,3-4,9-11H2,1-2H3. The van der Waals surface area contributed by atoms with Gasteiger partial charge in [-0.1, -0.05) is 19.1 Å². The Morgan fingerprint density at radius 2 is 2.05 bits per heavy atom. The largest absolute Gasteiger partial charge is 0.497 e. The first-order chi connectivity index (χ1) is 9.69.